The predicted octanol–water partition coefficient (Wildman–Crippen LogP) is 0.877. The van der Waals surface area contributed by atoms with Crippen LogP contribution in [0.15, 0.2) is 0 Å². The van der Waals surface area contributed by atoms with E-state index in [1.165, 1.54) is 4.90 Å². The highest BCUT2D eigenvalue weighted by molar-refractivity contribution is 5.84. The second-order valence-electron chi connectivity index (χ2n) is 6.37. The molecule has 6 heteroatoms. The molecule has 1 saturated heterocycles. The van der Waals surface area contributed by atoms with E-state index in [0.29, 0.717) is 38.9 Å². The third kappa shape index (κ3) is 3.95. The molecule has 6 nitrogen and oxygen atoms in total. The fraction of sp³-hybridized carbons (Fsp3) is 0.867. The van der Waals surface area contributed by atoms with Crippen LogP contribution in [-0.2, 0) is 14.3 Å². The molecule has 0 aromatic heterocycles. The quantitative estimate of drug-likeness (QED) is 0.804. The number of carbonyl (C=O) groups excluding carboxylic acids is 1. The Morgan fingerprint density at radius 3 is 2.33 bits per heavy atom. The number of aliphatic carboxylic acids is 1. The Hall–Kier alpha value is -1.14. The second kappa shape index (κ2) is 6.75. The third-order valence-electron chi connectivity index (χ3n) is 4.73. The van der Waals surface area contributed by atoms with Crippen molar-refractivity contribution in [3.05, 3.63) is 0 Å². The summed E-state index contributed by atoms with van der Waals surface area (Å²) < 4.78 is 5.23. The van der Waals surface area contributed by atoms with Crippen LogP contribution in [0.4, 0.5) is 0 Å². The van der Waals surface area contributed by atoms with Gasteiger partial charge in [0.15, 0.2) is 0 Å². The van der Waals surface area contributed by atoms with Crippen LogP contribution in [-0.4, -0.2) is 59.4 Å². The topological polar surface area (TPSA) is 87.1 Å². The van der Waals surface area contributed by atoms with Gasteiger partial charge in [-0.1, -0.05) is 12.8 Å². The van der Waals surface area contributed by atoms with Gasteiger partial charge in [-0.15, -0.1) is 0 Å². The lowest BCUT2D eigenvalue weighted by atomic mass is 9.78. The van der Waals surface area contributed by atoms with Crippen molar-refractivity contribution in [1.29, 1.82) is 0 Å². The van der Waals surface area contributed by atoms with Gasteiger partial charge in [-0.25, -0.2) is 0 Å². The summed E-state index contributed by atoms with van der Waals surface area (Å²) in [5.74, 6) is -2.07. The molecule has 1 aliphatic carbocycles. The van der Waals surface area contributed by atoms with Crippen LogP contribution in [0.5, 0.6) is 0 Å². The van der Waals surface area contributed by atoms with Crippen LogP contribution in [0, 0.1) is 11.8 Å². The van der Waals surface area contributed by atoms with Gasteiger partial charge in [0.2, 0.25) is 5.91 Å². The number of carboxylic acid groups (broad SMARTS) is 1. The van der Waals surface area contributed by atoms with E-state index < -0.39 is 23.4 Å². The minimum absolute atomic E-state index is 0.151. The monoisotopic (exact) mass is 299 g/mol. The first-order valence-electron chi connectivity index (χ1n) is 7.71. The number of hydrogen-bond donors (Lipinski definition) is 2. The molecule has 1 heterocycles. The summed E-state index contributed by atoms with van der Waals surface area (Å²) >= 11 is 0. The number of amides is 1. The number of likely N-dealkylation sites (N-methyl/N-ethyl adjacent to an activating group) is 1. The van der Waals surface area contributed by atoms with Crippen molar-refractivity contribution in [2.75, 3.05) is 26.8 Å². The summed E-state index contributed by atoms with van der Waals surface area (Å²) in [6, 6.07) is 0. The molecule has 1 amide bonds. The van der Waals surface area contributed by atoms with E-state index in [0.717, 1.165) is 12.8 Å². The molecule has 21 heavy (non-hydrogen) atoms. The average molecular weight is 299 g/mol. The molecule has 1 aliphatic heterocycles. The van der Waals surface area contributed by atoms with Crippen molar-refractivity contribution < 1.29 is 24.5 Å². The number of ether oxygens (including phenoxy) is 1. The Kier molecular flexibility index (Phi) is 5.22. The van der Waals surface area contributed by atoms with Gasteiger partial charge in [0.1, 0.15) is 0 Å². The maximum absolute atomic E-state index is 12.5. The van der Waals surface area contributed by atoms with Gasteiger partial charge < -0.3 is 19.8 Å². The summed E-state index contributed by atoms with van der Waals surface area (Å²) in [6.45, 7) is 1.25. The number of carboxylic acids is 1. The van der Waals surface area contributed by atoms with Crippen molar-refractivity contribution in [2.24, 2.45) is 11.8 Å². The lowest BCUT2D eigenvalue weighted by Crippen LogP contribution is -2.50. The number of carbonyl (C=O) groups is 2. The molecular weight excluding hydrogens is 274 g/mol. The zero-order chi connectivity index (χ0) is 15.5. The maximum Gasteiger partial charge on any atom is 0.307 e. The Bertz CT molecular complexity index is 392. The van der Waals surface area contributed by atoms with E-state index in [-0.39, 0.29) is 12.5 Å². The fourth-order valence-electron chi connectivity index (χ4n) is 3.43. The minimum Gasteiger partial charge on any atom is -0.481 e. The van der Waals surface area contributed by atoms with Gasteiger partial charge in [0.05, 0.1) is 17.4 Å². The molecule has 0 aromatic carbocycles. The lowest BCUT2D eigenvalue weighted by molar-refractivity contribution is -0.154. The van der Waals surface area contributed by atoms with Gasteiger partial charge in [-0.3, -0.25) is 9.59 Å². The summed E-state index contributed by atoms with van der Waals surface area (Å²) in [5, 5.41) is 19.7. The van der Waals surface area contributed by atoms with Gasteiger partial charge >= 0.3 is 5.97 Å². The van der Waals surface area contributed by atoms with Crippen LogP contribution >= 0.6 is 0 Å². The average Bonchev–Trinajstić information content (AvgIpc) is 2.46. The highest BCUT2D eigenvalue weighted by Gasteiger charge is 2.39. The molecule has 2 fully saturated rings. The van der Waals surface area contributed by atoms with E-state index in [1.54, 1.807) is 7.05 Å². The number of aliphatic hydroxyl groups is 1. The number of nitrogens with zero attached hydrogens (tertiary/aromatic N) is 1. The minimum atomic E-state index is -0.907. The van der Waals surface area contributed by atoms with Crippen LogP contribution in [0.2, 0.25) is 0 Å². The van der Waals surface area contributed by atoms with Crippen molar-refractivity contribution >= 4 is 11.9 Å². The van der Waals surface area contributed by atoms with Crippen molar-refractivity contribution in [2.45, 2.75) is 44.1 Å². The molecule has 0 spiro atoms. The number of hydrogen-bond acceptors (Lipinski definition) is 4. The first-order valence-corrected chi connectivity index (χ1v) is 7.71. The Morgan fingerprint density at radius 2 is 1.76 bits per heavy atom. The molecule has 2 atom stereocenters. The van der Waals surface area contributed by atoms with E-state index in [1.807, 2.05) is 0 Å². The molecule has 1 saturated carbocycles. The zero-order valence-corrected chi connectivity index (χ0v) is 12.6. The maximum atomic E-state index is 12.5. The van der Waals surface area contributed by atoms with Crippen LogP contribution < -0.4 is 0 Å². The lowest BCUT2D eigenvalue weighted by Gasteiger charge is -2.37. The van der Waals surface area contributed by atoms with Crippen LogP contribution in [0.3, 0.4) is 0 Å². The summed E-state index contributed by atoms with van der Waals surface area (Å²) in [7, 11) is 1.66. The Labute approximate surface area is 125 Å². The Morgan fingerprint density at radius 1 is 1.19 bits per heavy atom. The largest absolute Gasteiger partial charge is 0.481 e. The molecule has 2 N–H and O–H groups in total. The fourth-order valence-corrected chi connectivity index (χ4v) is 3.43. The smallest absolute Gasteiger partial charge is 0.307 e. The normalized spacial score (nSPS) is 28.9. The van der Waals surface area contributed by atoms with E-state index in [9.17, 15) is 19.8 Å². The highest BCUT2D eigenvalue weighted by atomic mass is 16.5. The summed E-state index contributed by atoms with van der Waals surface area (Å²) in [5.41, 5.74) is -0.907. The van der Waals surface area contributed by atoms with Crippen molar-refractivity contribution in [3.63, 3.8) is 0 Å². The van der Waals surface area contributed by atoms with E-state index in [2.05, 4.69) is 0 Å². The first kappa shape index (κ1) is 16.2. The van der Waals surface area contributed by atoms with Gasteiger partial charge in [0.25, 0.3) is 0 Å². The van der Waals surface area contributed by atoms with Gasteiger partial charge in [-0.05, 0) is 12.8 Å². The molecule has 0 bridgehead atoms. The molecule has 2 aliphatic rings. The zero-order valence-electron chi connectivity index (χ0n) is 12.6. The van der Waals surface area contributed by atoms with Gasteiger partial charge in [0, 0.05) is 39.6 Å². The van der Waals surface area contributed by atoms with E-state index in [4.69, 9.17) is 4.74 Å². The molecule has 120 valence electrons. The van der Waals surface area contributed by atoms with Crippen molar-refractivity contribution in [1.82, 2.24) is 4.90 Å². The second-order valence-corrected chi connectivity index (χ2v) is 6.37. The van der Waals surface area contributed by atoms with Crippen LogP contribution in [0.1, 0.15) is 38.5 Å². The first-order chi connectivity index (χ1) is 9.93. The molecule has 0 unspecified atom stereocenters. The van der Waals surface area contributed by atoms with Crippen LogP contribution in [0.25, 0.3) is 0 Å². The van der Waals surface area contributed by atoms with Gasteiger partial charge in [-0.2, -0.15) is 0 Å². The van der Waals surface area contributed by atoms with E-state index >= 15 is 0 Å². The molecule has 0 aromatic rings. The summed E-state index contributed by atoms with van der Waals surface area (Å²) in [4.78, 5) is 25.4. The predicted molar refractivity (Wildman–Crippen MR) is 75.7 cm³/mol. The highest BCUT2D eigenvalue weighted by Crippen LogP contribution is 2.32. The SMILES string of the molecule is CN(CC1(O)CCOCC1)C(=O)[C@@H]1CCCC[C@@H]1C(=O)O. The van der Waals surface area contributed by atoms with Crippen molar-refractivity contribution in [3.8, 4) is 0 Å². The molecular formula is C15H25NO5. The third-order valence-corrected chi connectivity index (χ3v) is 4.73. The summed E-state index contributed by atoms with van der Waals surface area (Å²) in [6.07, 6.45) is 3.98. The standard InChI is InChI=1S/C15H25NO5/c1-16(10-15(20)6-8-21-9-7-15)13(17)11-4-2-3-5-12(11)14(18)19/h11-12,20H,2-10H2,1H3,(H,18,19)/t11-,12+/m1/s1. The number of rotatable bonds is 4. The molecule has 0 radical (unpaired) electrons. The molecule has 2 rings (SSSR count). The Balaban J connectivity index is 1.98.